The van der Waals surface area contributed by atoms with Crippen LogP contribution < -0.4 is 15.8 Å². The zero-order valence-electron chi connectivity index (χ0n) is 15.3. The zero-order chi connectivity index (χ0) is 18.9. The molecule has 2 aliphatic rings. The van der Waals surface area contributed by atoms with Crippen molar-refractivity contribution >= 4 is 11.6 Å². The second-order valence-corrected chi connectivity index (χ2v) is 7.85. The van der Waals surface area contributed by atoms with Gasteiger partial charge < -0.3 is 15.8 Å². The second kappa shape index (κ2) is 7.22. The molecule has 27 heavy (non-hydrogen) atoms. The minimum Gasteiger partial charge on any atom is -0.492 e. The fourth-order valence-electron chi connectivity index (χ4n) is 4.55. The SMILES string of the molecule is NC(=O)C12CCC(Cc3ccc(NCCOc4ccc(F)cc4)cc3C1)C2. The van der Waals surface area contributed by atoms with Gasteiger partial charge in [0.25, 0.3) is 0 Å². The van der Waals surface area contributed by atoms with Gasteiger partial charge in [-0.05, 0) is 85.5 Å². The molecular formula is C22H25FN2O2. The summed E-state index contributed by atoms with van der Waals surface area (Å²) in [4.78, 5) is 12.1. The number of nitrogens with one attached hydrogen (secondary N) is 1. The number of primary amides is 1. The second-order valence-electron chi connectivity index (χ2n) is 7.85. The summed E-state index contributed by atoms with van der Waals surface area (Å²) < 4.78 is 18.5. The molecule has 0 spiro atoms. The molecule has 1 fully saturated rings. The number of amides is 1. The minimum absolute atomic E-state index is 0.149. The fraction of sp³-hybridized carbons (Fsp3) is 0.409. The van der Waals surface area contributed by atoms with E-state index in [1.807, 2.05) is 0 Å². The topological polar surface area (TPSA) is 64.4 Å². The monoisotopic (exact) mass is 368 g/mol. The van der Waals surface area contributed by atoms with E-state index in [0.29, 0.717) is 24.8 Å². The number of hydrogen-bond donors (Lipinski definition) is 2. The number of carbonyl (C=O) groups is 1. The number of nitrogens with two attached hydrogens (primary N) is 1. The van der Waals surface area contributed by atoms with E-state index in [2.05, 4.69) is 23.5 Å². The van der Waals surface area contributed by atoms with Crippen molar-refractivity contribution in [3.8, 4) is 5.75 Å². The van der Waals surface area contributed by atoms with Crippen molar-refractivity contribution in [2.45, 2.75) is 32.1 Å². The lowest BCUT2D eigenvalue weighted by Crippen LogP contribution is -2.36. The Hall–Kier alpha value is -2.56. The first kappa shape index (κ1) is 17.8. The van der Waals surface area contributed by atoms with E-state index in [9.17, 15) is 9.18 Å². The lowest BCUT2D eigenvalue weighted by Gasteiger charge is -2.25. The first-order valence-electron chi connectivity index (χ1n) is 9.58. The van der Waals surface area contributed by atoms with Crippen molar-refractivity contribution < 1.29 is 13.9 Å². The first-order valence-corrected chi connectivity index (χ1v) is 9.58. The van der Waals surface area contributed by atoms with Crippen molar-refractivity contribution in [3.05, 3.63) is 59.4 Å². The molecule has 1 saturated carbocycles. The average Bonchev–Trinajstić information content (AvgIpc) is 2.97. The van der Waals surface area contributed by atoms with E-state index >= 15 is 0 Å². The van der Waals surface area contributed by atoms with Crippen LogP contribution in [-0.2, 0) is 17.6 Å². The maximum Gasteiger partial charge on any atom is 0.223 e. The van der Waals surface area contributed by atoms with Crippen LogP contribution >= 0.6 is 0 Å². The molecule has 0 aliphatic heterocycles. The maximum absolute atomic E-state index is 12.9. The van der Waals surface area contributed by atoms with Gasteiger partial charge in [-0.2, -0.15) is 0 Å². The van der Waals surface area contributed by atoms with Gasteiger partial charge in [0, 0.05) is 12.2 Å². The van der Waals surface area contributed by atoms with Crippen molar-refractivity contribution in [2.24, 2.45) is 17.1 Å². The van der Waals surface area contributed by atoms with Gasteiger partial charge in [0.05, 0.1) is 5.41 Å². The first-order chi connectivity index (χ1) is 13.0. The van der Waals surface area contributed by atoms with Crippen molar-refractivity contribution in [2.75, 3.05) is 18.5 Å². The van der Waals surface area contributed by atoms with E-state index in [4.69, 9.17) is 10.5 Å². The molecule has 0 heterocycles. The number of benzene rings is 2. The molecule has 2 bridgehead atoms. The molecule has 2 aliphatic carbocycles. The third kappa shape index (κ3) is 3.77. The van der Waals surface area contributed by atoms with E-state index in [1.165, 1.54) is 23.3 Å². The van der Waals surface area contributed by atoms with E-state index in [0.717, 1.165) is 37.8 Å². The van der Waals surface area contributed by atoms with Crippen LogP contribution in [0, 0.1) is 17.2 Å². The Balaban J connectivity index is 1.39. The molecule has 2 atom stereocenters. The highest BCUT2D eigenvalue weighted by Gasteiger charge is 2.46. The molecular weight excluding hydrogens is 343 g/mol. The van der Waals surface area contributed by atoms with Crippen LogP contribution in [0.1, 0.15) is 30.4 Å². The quantitative estimate of drug-likeness (QED) is 0.765. The van der Waals surface area contributed by atoms with Gasteiger partial charge in [-0.25, -0.2) is 4.39 Å². The Morgan fingerprint density at radius 3 is 2.81 bits per heavy atom. The molecule has 0 aromatic heterocycles. The number of anilines is 1. The lowest BCUT2D eigenvalue weighted by atomic mass is 9.79. The summed E-state index contributed by atoms with van der Waals surface area (Å²) in [6.45, 7) is 1.12. The van der Waals surface area contributed by atoms with E-state index < -0.39 is 0 Å². The molecule has 0 radical (unpaired) electrons. The Kier molecular flexibility index (Phi) is 4.77. The Morgan fingerprint density at radius 1 is 1.22 bits per heavy atom. The highest BCUT2D eigenvalue weighted by atomic mass is 19.1. The standard InChI is InChI=1S/C22H25FN2O2/c23-18-2-5-20(6-3-18)27-10-9-25-19-4-1-16-11-15-7-8-22(13-15,21(24)26)14-17(16)12-19/h1-6,12,15,25H,7-11,13-14H2,(H2,24,26). The molecule has 3 N–H and O–H groups in total. The van der Waals surface area contributed by atoms with E-state index in [1.54, 1.807) is 12.1 Å². The molecule has 142 valence electrons. The normalized spacial score (nSPS) is 23.4. The summed E-state index contributed by atoms with van der Waals surface area (Å²) in [6.07, 6.45) is 4.72. The van der Waals surface area contributed by atoms with E-state index in [-0.39, 0.29) is 17.1 Å². The summed E-state index contributed by atoms with van der Waals surface area (Å²) in [5.41, 5.74) is 9.01. The fourth-order valence-corrected chi connectivity index (χ4v) is 4.55. The Labute approximate surface area is 158 Å². The summed E-state index contributed by atoms with van der Waals surface area (Å²) in [5.74, 6) is 0.804. The van der Waals surface area contributed by atoms with Crippen LogP contribution in [0.4, 0.5) is 10.1 Å². The highest BCUT2D eigenvalue weighted by Crippen LogP contribution is 2.48. The smallest absolute Gasteiger partial charge is 0.223 e. The molecule has 0 saturated heterocycles. The Morgan fingerprint density at radius 2 is 2.04 bits per heavy atom. The summed E-state index contributed by atoms with van der Waals surface area (Å²) in [5, 5.41) is 3.37. The van der Waals surface area contributed by atoms with Gasteiger partial charge in [0.2, 0.25) is 5.91 Å². The van der Waals surface area contributed by atoms with Crippen molar-refractivity contribution in [1.29, 1.82) is 0 Å². The third-order valence-electron chi connectivity index (χ3n) is 5.99. The van der Waals surface area contributed by atoms with Gasteiger partial charge in [-0.15, -0.1) is 0 Å². The van der Waals surface area contributed by atoms with Crippen LogP contribution in [0.15, 0.2) is 42.5 Å². The third-order valence-corrected chi connectivity index (χ3v) is 5.99. The van der Waals surface area contributed by atoms with Crippen LogP contribution in [0.2, 0.25) is 0 Å². The largest absolute Gasteiger partial charge is 0.492 e. The predicted molar refractivity (Wildman–Crippen MR) is 103 cm³/mol. The molecule has 2 aromatic rings. The van der Waals surface area contributed by atoms with Gasteiger partial charge >= 0.3 is 0 Å². The molecule has 4 rings (SSSR count). The summed E-state index contributed by atoms with van der Waals surface area (Å²) in [6, 6.07) is 12.4. The number of ether oxygens (including phenoxy) is 1. The number of carbonyl (C=O) groups excluding carboxylic acids is 1. The van der Waals surface area contributed by atoms with Gasteiger partial charge in [-0.3, -0.25) is 4.79 Å². The maximum atomic E-state index is 12.9. The van der Waals surface area contributed by atoms with Crippen LogP contribution in [-0.4, -0.2) is 19.1 Å². The van der Waals surface area contributed by atoms with Crippen molar-refractivity contribution in [1.82, 2.24) is 0 Å². The number of fused-ring (bicyclic) bond motifs is 3. The van der Waals surface area contributed by atoms with Gasteiger partial charge in [0.1, 0.15) is 18.2 Å². The molecule has 2 aromatic carbocycles. The number of hydrogen-bond acceptors (Lipinski definition) is 3. The minimum atomic E-state index is -0.361. The zero-order valence-corrected chi connectivity index (χ0v) is 15.3. The summed E-state index contributed by atoms with van der Waals surface area (Å²) in [7, 11) is 0. The lowest BCUT2D eigenvalue weighted by molar-refractivity contribution is -0.127. The summed E-state index contributed by atoms with van der Waals surface area (Å²) >= 11 is 0. The van der Waals surface area contributed by atoms with Crippen LogP contribution in [0.25, 0.3) is 0 Å². The van der Waals surface area contributed by atoms with Gasteiger partial charge in [-0.1, -0.05) is 6.07 Å². The van der Waals surface area contributed by atoms with Crippen LogP contribution in [0.5, 0.6) is 5.75 Å². The molecule has 1 amide bonds. The molecule has 4 nitrogen and oxygen atoms in total. The van der Waals surface area contributed by atoms with Crippen molar-refractivity contribution in [3.63, 3.8) is 0 Å². The van der Waals surface area contributed by atoms with Crippen LogP contribution in [0.3, 0.4) is 0 Å². The average molecular weight is 368 g/mol. The highest BCUT2D eigenvalue weighted by molar-refractivity contribution is 5.82. The molecule has 2 unspecified atom stereocenters. The number of halogens is 1. The van der Waals surface area contributed by atoms with Gasteiger partial charge in [0.15, 0.2) is 0 Å². The predicted octanol–water partition coefficient (Wildman–Crippen LogP) is 3.69. The molecule has 5 heteroatoms. The Bertz CT molecular complexity index is 837. The number of rotatable bonds is 6.